The maximum Gasteiger partial charge on any atom is 0.248 e. The fourth-order valence-electron chi connectivity index (χ4n) is 2.06. The largest absolute Gasteiger partial charge is 0.322 e. The molecule has 0 radical (unpaired) electrons. The lowest BCUT2D eigenvalue weighted by molar-refractivity contribution is -0.111. The minimum atomic E-state index is -0.103. The fraction of sp³-hybridized carbons (Fsp3) is 0.167. The van der Waals surface area contributed by atoms with Crippen molar-refractivity contribution >= 4 is 17.7 Å². The van der Waals surface area contributed by atoms with Crippen LogP contribution in [0.2, 0.25) is 0 Å². The van der Waals surface area contributed by atoms with Crippen molar-refractivity contribution in [1.29, 1.82) is 0 Å². The zero-order chi connectivity index (χ0) is 14.4. The molecule has 1 amide bonds. The second-order valence-electron chi connectivity index (χ2n) is 4.69. The van der Waals surface area contributed by atoms with E-state index in [9.17, 15) is 4.79 Å². The molecule has 2 heteroatoms. The molecule has 0 atom stereocenters. The zero-order valence-corrected chi connectivity index (χ0v) is 11.9. The summed E-state index contributed by atoms with van der Waals surface area (Å²) in [5.74, 6) is -0.103. The molecule has 2 aromatic rings. The summed E-state index contributed by atoms with van der Waals surface area (Å²) in [6.07, 6.45) is 4.33. The summed E-state index contributed by atoms with van der Waals surface area (Å²) < 4.78 is 0. The van der Waals surface area contributed by atoms with Crippen molar-refractivity contribution in [2.45, 2.75) is 20.3 Å². The maximum absolute atomic E-state index is 12.0. The van der Waals surface area contributed by atoms with Crippen molar-refractivity contribution in [3.8, 4) is 0 Å². The van der Waals surface area contributed by atoms with Crippen molar-refractivity contribution in [3.05, 3.63) is 71.3 Å². The standard InChI is InChI=1S/C18H19NO/c1-3-15-9-6-7-11-17(15)19-18(20)13-12-16-10-5-4-8-14(16)2/h4-13H,3H2,1-2H3,(H,19,20)/b13-12+. The van der Waals surface area contributed by atoms with Crippen LogP contribution in [0.3, 0.4) is 0 Å². The van der Waals surface area contributed by atoms with Crippen LogP contribution in [0.4, 0.5) is 5.69 Å². The third-order valence-electron chi connectivity index (χ3n) is 3.26. The molecule has 0 aromatic heterocycles. The molecular formula is C18H19NO. The highest BCUT2D eigenvalue weighted by atomic mass is 16.1. The summed E-state index contributed by atoms with van der Waals surface area (Å²) in [7, 11) is 0. The maximum atomic E-state index is 12.0. The molecule has 0 saturated heterocycles. The number of carbonyl (C=O) groups is 1. The van der Waals surface area contributed by atoms with Gasteiger partial charge in [0.05, 0.1) is 0 Å². The molecule has 0 fully saturated rings. The fourth-order valence-corrected chi connectivity index (χ4v) is 2.06. The van der Waals surface area contributed by atoms with Gasteiger partial charge in [-0.15, -0.1) is 0 Å². The highest BCUT2D eigenvalue weighted by molar-refractivity contribution is 6.02. The number of anilines is 1. The Hall–Kier alpha value is -2.35. The molecule has 0 saturated carbocycles. The Bertz CT molecular complexity index is 629. The number of para-hydroxylation sites is 1. The summed E-state index contributed by atoms with van der Waals surface area (Å²) in [5, 5.41) is 2.93. The van der Waals surface area contributed by atoms with Gasteiger partial charge in [0.25, 0.3) is 0 Å². The van der Waals surface area contributed by atoms with Crippen molar-refractivity contribution in [3.63, 3.8) is 0 Å². The predicted molar refractivity (Wildman–Crippen MR) is 84.7 cm³/mol. The van der Waals surface area contributed by atoms with Crippen LogP contribution in [0.25, 0.3) is 6.08 Å². The highest BCUT2D eigenvalue weighted by Gasteiger charge is 2.02. The SMILES string of the molecule is CCc1ccccc1NC(=O)/C=C/c1ccccc1C. The molecule has 2 nitrogen and oxygen atoms in total. The lowest BCUT2D eigenvalue weighted by atomic mass is 10.1. The van der Waals surface area contributed by atoms with Crippen molar-refractivity contribution in [2.24, 2.45) is 0 Å². The van der Waals surface area contributed by atoms with Crippen LogP contribution >= 0.6 is 0 Å². The van der Waals surface area contributed by atoms with Gasteiger partial charge in [0.2, 0.25) is 5.91 Å². The first-order chi connectivity index (χ1) is 9.70. The van der Waals surface area contributed by atoms with Gasteiger partial charge >= 0.3 is 0 Å². The Balaban J connectivity index is 2.08. The number of nitrogens with one attached hydrogen (secondary N) is 1. The Morgan fingerprint density at radius 3 is 2.55 bits per heavy atom. The number of hydrogen-bond donors (Lipinski definition) is 1. The zero-order valence-electron chi connectivity index (χ0n) is 11.9. The smallest absolute Gasteiger partial charge is 0.248 e. The van der Waals surface area contributed by atoms with E-state index in [0.717, 1.165) is 28.8 Å². The van der Waals surface area contributed by atoms with Crippen LogP contribution in [0.1, 0.15) is 23.6 Å². The Kier molecular flexibility index (Phi) is 4.72. The lowest BCUT2D eigenvalue weighted by Gasteiger charge is -2.07. The van der Waals surface area contributed by atoms with E-state index in [4.69, 9.17) is 0 Å². The topological polar surface area (TPSA) is 29.1 Å². The summed E-state index contributed by atoms with van der Waals surface area (Å²) in [6, 6.07) is 15.9. The molecule has 102 valence electrons. The molecule has 0 aliphatic rings. The molecule has 2 aromatic carbocycles. The van der Waals surface area contributed by atoms with Gasteiger partial charge in [0.1, 0.15) is 0 Å². The first-order valence-electron chi connectivity index (χ1n) is 6.83. The van der Waals surface area contributed by atoms with E-state index < -0.39 is 0 Å². The molecule has 0 spiro atoms. The molecule has 0 aliphatic heterocycles. The van der Waals surface area contributed by atoms with Gasteiger partial charge in [-0.25, -0.2) is 0 Å². The number of rotatable bonds is 4. The second-order valence-corrected chi connectivity index (χ2v) is 4.69. The van der Waals surface area contributed by atoms with Crippen molar-refractivity contribution < 1.29 is 4.79 Å². The lowest BCUT2D eigenvalue weighted by Crippen LogP contribution is -2.09. The molecule has 0 bridgehead atoms. The van der Waals surface area contributed by atoms with Crippen LogP contribution in [0.15, 0.2) is 54.6 Å². The van der Waals surface area contributed by atoms with Gasteiger partial charge in [0, 0.05) is 11.8 Å². The van der Waals surface area contributed by atoms with Crippen LogP contribution in [0, 0.1) is 6.92 Å². The minimum absolute atomic E-state index is 0.103. The third kappa shape index (κ3) is 3.58. The van der Waals surface area contributed by atoms with E-state index in [1.165, 1.54) is 0 Å². The van der Waals surface area contributed by atoms with E-state index in [2.05, 4.69) is 12.2 Å². The summed E-state index contributed by atoms with van der Waals surface area (Å²) in [5.41, 5.74) is 4.25. The first kappa shape index (κ1) is 14.1. The Morgan fingerprint density at radius 2 is 1.80 bits per heavy atom. The van der Waals surface area contributed by atoms with E-state index >= 15 is 0 Å². The van der Waals surface area contributed by atoms with Gasteiger partial charge in [-0.3, -0.25) is 4.79 Å². The Morgan fingerprint density at radius 1 is 1.10 bits per heavy atom. The van der Waals surface area contributed by atoms with Crippen molar-refractivity contribution in [2.75, 3.05) is 5.32 Å². The quantitative estimate of drug-likeness (QED) is 0.824. The summed E-state index contributed by atoms with van der Waals surface area (Å²) in [4.78, 5) is 12.0. The molecule has 0 heterocycles. The van der Waals surface area contributed by atoms with Gasteiger partial charge in [-0.05, 0) is 42.2 Å². The minimum Gasteiger partial charge on any atom is -0.322 e. The van der Waals surface area contributed by atoms with E-state index in [-0.39, 0.29) is 5.91 Å². The molecule has 20 heavy (non-hydrogen) atoms. The van der Waals surface area contributed by atoms with E-state index in [1.807, 2.05) is 61.5 Å². The summed E-state index contributed by atoms with van der Waals surface area (Å²) >= 11 is 0. The molecule has 2 rings (SSSR count). The second kappa shape index (κ2) is 6.71. The number of carbonyl (C=O) groups excluding carboxylic acids is 1. The van der Waals surface area contributed by atoms with Gasteiger partial charge in [0.15, 0.2) is 0 Å². The predicted octanol–water partition coefficient (Wildman–Crippen LogP) is 4.21. The van der Waals surface area contributed by atoms with Crippen LogP contribution in [-0.4, -0.2) is 5.91 Å². The van der Waals surface area contributed by atoms with E-state index in [0.29, 0.717) is 0 Å². The average molecular weight is 265 g/mol. The van der Waals surface area contributed by atoms with Crippen LogP contribution < -0.4 is 5.32 Å². The molecule has 0 unspecified atom stereocenters. The monoisotopic (exact) mass is 265 g/mol. The molecule has 0 aliphatic carbocycles. The van der Waals surface area contributed by atoms with Crippen molar-refractivity contribution in [1.82, 2.24) is 0 Å². The van der Waals surface area contributed by atoms with Gasteiger partial charge in [-0.1, -0.05) is 49.4 Å². The van der Waals surface area contributed by atoms with E-state index in [1.54, 1.807) is 6.08 Å². The molecular weight excluding hydrogens is 246 g/mol. The molecule has 1 N–H and O–H groups in total. The highest BCUT2D eigenvalue weighted by Crippen LogP contribution is 2.15. The number of aryl methyl sites for hydroxylation is 2. The van der Waals surface area contributed by atoms with Crippen LogP contribution in [-0.2, 0) is 11.2 Å². The van der Waals surface area contributed by atoms with Gasteiger partial charge < -0.3 is 5.32 Å². The first-order valence-corrected chi connectivity index (χ1v) is 6.83. The van der Waals surface area contributed by atoms with Crippen LogP contribution in [0.5, 0.6) is 0 Å². The average Bonchev–Trinajstić information content (AvgIpc) is 2.47. The summed E-state index contributed by atoms with van der Waals surface area (Å²) in [6.45, 7) is 4.11. The normalized spacial score (nSPS) is 10.7. The number of amides is 1. The number of benzene rings is 2. The third-order valence-corrected chi connectivity index (χ3v) is 3.26. The van der Waals surface area contributed by atoms with Gasteiger partial charge in [-0.2, -0.15) is 0 Å². The number of hydrogen-bond acceptors (Lipinski definition) is 1. The Labute approximate surface area is 120 Å².